The molecule has 4 bridgehead atoms. The van der Waals surface area contributed by atoms with E-state index in [1.807, 2.05) is 0 Å². The van der Waals surface area contributed by atoms with Gasteiger partial charge in [-0.15, -0.1) is 0 Å². The number of carbonyl (C=O) groups is 6. The summed E-state index contributed by atoms with van der Waals surface area (Å²) < 4.78 is 24.6. The van der Waals surface area contributed by atoms with Gasteiger partial charge in [-0.3, -0.25) is 28.8 Å². The number of Topliss-reactive ketones (excluding diaryl/α,β-unsaturated/α-hetero) is 1. The Morgan fingerprint density at radius 3 is 1.89 bits per heavy atom. The number of ketones is 1. The van der Waals surface area contributed by atoms with Crippen LogP contribution in [-0.2, 0) is 44.7 Å². The third kappa shape index (κ3) is 18.3. The highest BCUT2D eigenvalue weighted by Crippen LogP contribution is 2.42. The number of fused-ring (bicyclic) bond motifs is 5. The van der Waals surface area contributed by atoms with Gasteiger partial charge in [0, 0.05) is 37.6 Å². The number of hydrogen-bond donors (Lipinski definition) is 14. The molecule has 3 heterocycles. The Morgan fingerprint density at radius 2 is 1.32 bits per heavy atom. The van der Waals surface area contributed by atoms with Crippen LogP contribution in [0.25, 0.3) is 11.1 Å². The number of unbranched alkanes of at least 4 members (excludes halogenated alkanes) is 8. The van der Waals surface area contributed by atoms with E-state index in [-0.39, 0.29) is 53.2 Å². The fourth-order valence-corrected chi connectivity index (χ4v) is 9.88. The van der Waals surface area contributed by atoms with Crippen molar-refractivity contribution in [1.82, 2.24) is 31.5 Å². The van der Waals surface area contributed by atoms with E-state index in [4.69, 9.17) is 36.1 Å². The maximum absolute atomic E-state index is 15.0. The number of nitrogens with one attached hydrogen (secondary N) is 5. The fraction of sp³-hybridized carbons (Fsp3) is 0.679. The summed E-state index contributed by atoms with van der Waals surface area (Å²) in [5.74, 6) is -4.09. The van der Waals surface area contributed by atoms with Crippen molar-refractivity contribution in [3.8, 4) is 22.6 Å². The molecular weight excluding hydrogens is 1050 g/mol. The number of hydrogen-bond acceptors (Lipinski definition) is 20. The van der Waals surface area contributed by atoms with Gasteiger partial charge in [-0.25, -0.2) is 0 Å². The number of carbonyl (C=O) groups excluding carboxylic acids is 6. The lowest BCUT2D eigenvalue weighted by Crippen LogP contribution is -2.63. The van der Waals surface area contributed by atoms with E-state index in [0.29, 0.717) is 31.5 Å². The van der Waals surface area contributed by atoms with Gasteiger partial charge in [0.25, 0.3) is 0 Å². The average molecular weight is 1140 g/mol. The lowest BCUT2D eigenvalue weighted by Gasteiger charge is -2.41. The summed E-state index contributed by atoms with van der Waals surface area (Å²) in [6, 6.07) is -0.482. The van der Waals surface area contributed by atoms with Crippen LogP contribution in [0.4, 0.5) is 0 Å². The van der Waals surface area contributed by atoms with Crippen molar-refractivity contribution in [2.45, 2.75) is 203 Å². The molecule has 2 fully saturated rings. The van der Waals surface area contributed by atoms with Crippen molar-refractivity contribution in [1.29, 1.82) is 0 Å². The summed E-state index contributed by atoms with van der Waals surface area (Å²) in [6.45, 7) is 6.21. The normalized spacial score (nSPS) is 27.6. The molecule has 0 aliphatic carbocycles. The van der Waals surface area contributed by atoms with Gasteiger partial charge in [0.1, 0.15) is 72.3 Å². The van der Waals surface area contributed by atoms with E-state index in [1.54, 1.807) is 0 Å². The highest BCUT2D eigenvalue weighted by Gasteiger charge is 2.46. The summed E-state index contributed by atoms with van der Waals surface area (Å²) in [5.41, 5.74) is 19.2. The largest absolute Gasteiger partial charge is 0.462 e. The molecule has 25 heteroatoms. The molecule has 17 N–H and O–H groups in total. The van der Waals surface area contributed by atoms with Crippen LogP contribution in [0.2, 0.25) is 0 Å². The summed E-state index contributed by atoms with van der Waals surface area (Å²) >= 11 is 0. The third-order valence-corrected chi connectivity index (χ3v) is 15.1. The molecule has 5 amide bonds. The zero-order valence-electron chi connectivity index (χ0n) is 47.3. The first-order valence-corrected chi connectivity index (χ1v) is 28.4. The molecule has 81 heavy (non-hydrogen) atoms. The van der Waals surface area contributed by atoms with Crippen LogP contribution in [0.5, 0.6) is 11.5 Å². The van der Waals surface area contributed by atoms with E-state index >= 15 is 4.79 Å². The van der Waals surface area contributed by atoms with Gasteiger partial charge in [0.15, 0.2) is 5.78 Å². The number of nitrogens with zero attached hydrogens (tertiary/aromatic N) is 1. The Bertz CT molecular complexity index is 2380. The van der Waals surface area contributed by atoms with E-state index in [1.165, 1.54) is 96.3 Å². The monoisotopic (exact) mass is 1140 g/mol. The molecule has 0 spiro atoms. The number of amides is 5. The molecule has 2 aromatic carbocycles. The van der Waals surface area contributed by atoms with Gasteiger partial charge in [0.05, 0.1) is 31.3 Å². The summed E-state index contributed by atoms with van der Waals surface area (Å²) in [5, 5.41) is 77.7. The molecule has 15 atom stereocenters. The fourth-order valence-electron chi connectivity index (χ4n) is 9.88. The number of benzene rings is 2. The Balaban J connectivity index is 1.63. The quantitative estimate of drug-likeness (QED) is 0.0432. The number of nitrogens with two attached hydrogens (primary N) is 3. The Kier molecular flexibility index (Phi) is 26.6. The van der Waals surface area contributed by atoms with Crippen molar-refractivity contribution in [3.05, 3.63) is 47.5 Å². The standard InChI is InChI=1S/C56H89N9O16/c1-6-7-8-9-10-11-12-15-23-60-24-21-43(69)63-37(16-13-14-22-57)54(77)65(5)46-34-18-20-40(79-56-45(59)50(73)48(71)42(29-67)81-56)36(27-34)35-25-33(17-19-39(35)78-55-44(58)49(72)47(70)41(28-66)80-55)26-38(52(75)61-30(2)32(4)68)64-51(74)31(3)62-53(46)76/h17-20,25,27,30-31,37-38,41-42,44-50,55-56,60,66-67,70-73H,6-16,21-24,26,28-29,57-59H2,1-5H3,(H,61,75)(H,62,76)(H,63,69)(H,64,74)/t30-,31-,37-,38-,41+,42+,44+,45+,46-,47+,48+,49+,50+,55?,56?/m0/s1. The van der Waals surface area contributed by atoms with Gasteiger partial charge in [-0.2, -0.15) is 0 Å². The lowest BCUT2D eigenvalue weighted by atomic mass is 9.93. The van der Waals surface area contributed by atoms with E-state index < -0.39 is 134 Å². The maximum atomic E-state index is 15.0. The number of ether oxygens (including phenoxy) is 4. The molecule has 0 saturated carbocycles. The van der Waals surface area contributed by atoms with E-state index in [0.717, 1.165) is 30.7 Å². The van der Waals surface area contributed by atoms with Crippen molar-refractivity contribution in [2.24, 2.45) is 17.2 Å². The third-order valence-electron chi connectivity index (χ3n) is 15.1. The minimum Gasteiger partial charge on any atom is -0.462 e. The summed E-state index contributed by atoms with van der Waals surface area (Å²) in [4.78, 5) is 85.3. The maximum Gasteiger partial charge on any atom is 0.248 e. The van der Waals surface area contributed by atoms with Gasteiger partial charge in [-0.05, 0) is 94.9 Å². The van der Waals surface area contributed by atoms with Crippen LogP contribution in [0.3, 0.4) is 0 Å². The van der Waals surface area contributed by atoms with Crippen molar-refractivity contribution in [2.75, 3.05) is 39.9 Å². The van der Waals surface area contributed by atoms with E-state index in [9.17, 15) is 54.6 Å². The average Bonchev–Trinajstić information content (AvgIpc) is 3.46. The number of aliphatic hydroxyl groups is 6. The van der Waals surface area contributed by atoms with Crippen LogP contribution < -0.4 is 53.3 Å². The second-order valence-corrected chi connectivity index (χ2v) is 21.5. The second kappa shape index (κ2) is 32.4. The van der Waals surface area contributed by atoms with Crippen LogP contribution in [0.15, 0.2) is 36.4 Å². The summed E-state index contributed by atoms with van der Waals surface area (Å²) in [6.07, 6.45) is -2.18. The SMILES string of the molecule is CCCCCCCCCCNCCC(=O)N[C@@H](CCCCN)C(=O)N(C)[C@@H]1C(=O)N[C@@H](C)C(=O)N[C@H](C(=O)N[C@@H](C)C(C)=O)Cc2ccc(OC3O[C@H](CO)[C@@H](O)[C@H](O)[C@H]3N)c(c2)-c2cc1ccc2OC1O[C@H](CO)[C@@H](O)[C@H](O)[C@H]1N. The molecule has 5 rings (SSSR count). The first kappa shape index (κ1) is 66.4. The van der Waals surface area contributed by atoms with Crippen LogP contribution in [0.1, 0.15) is 122 Å². The van der Waals surface area contributed by atoms with Crippen LogP contribution in [0, 0.1) is 0 Å². The molecular formula is C56H89N9O16. The Labute approximate surface area is 473 Å². The predicted octanol–water partition coefficient (Wildman–Crippen LogP) is -1.48. The number of likely N-dealkylation sites (N-methyl/N-ethyl adjacent to an activating group) is 1. The van der Waals surface area contributed by atoms with Crippen LogP contribution >= 0.6 is 0 Å². The van der Waals surface area contributed by atoms with Gasteiger partial charge < -0.3 is 98.3 Å². The van der Waals surface area contributed by atoms with Gasteiger partial charge in [-0.1, -0.05) is 64.0 Å². The number of rotatable bonds is 28. The molecule has 3 aliphatic rings. The number of aliphatic hydroxyl groups excluding tert-OH is 6. The molecule has 2 saturated heterocycles. The zero-order valence-corrected chi connectivity index (χ0v) is 47.3. The summed E-state index contributed by atoms with van der Waals surface area (Å²) in [7, 11) is 1.36. The molecule has 25 nitrogen and oxygen atoms in total. The van der Waals surface area contributed by atoms with E-state index in [2.05, 4.69) is 33.5 Å². The van der Waals surface area contributed by atoms with Crippen molar-refractivity contribution in [3.63, 3.8) is 0 Å². The predicted molar refractivity (Wildman–Crippen MR) is 297 cm³/mol. The Hall–Kier alpha value is -5.42. The molecule has 454 valence electrons. The van der Waals surface area contributed by atoms with Crippen molar-refractivity contribution < 1.29 is 78.4 Å². The topological polar surface area (TPSA) is 402 Å². The molecule has 0 aromatic heterocycles. The first-order valence-electron chi connectivity index (χ1n) is 28.4. The first-order chi connectivity index (χ1) is 38.6. The van der Waals surface area contributed by atoms with Gasteiger partial charge in [0.2, 0.25) is 42.1 Å². The molecule has 2 aromatic rings. The Morgan fingerprint density at radius 1 is 0.753 bits per heavy atom. The molecule has 0 radical (unpaired) electrons. The van der Waals surface area contributed by atoms with Gasteiger partial charge >= 0.3 is 0 Å². The minimum absolute atomic E-state index is 0.0521. The zero-order chi connectivity index (χ0) is 59.5. The highest BCUT2D eigenvalue weighted by molar-refractivity contribution is 5.97. The second-order valence-electron chi connectivity index (χ2n) is 21.5. The minimum atomic E-state index is -1.66. The molecule has 2 unspecified atom stereocenters. The smallest absolute Gasteiger partial charge is 0.248 e. The highest BCUT2D eigenvalue weighted by atomic mass is 16.7. The van der Waals surface area contributed by atoms with Crippen LogP contribution in [-0.4, -0.2) is 196 Å². The lowest BCUT2D eigenvalue weighted by molar-refractivity contribution is -0.239. The molecule has 3 aliphatic heterocycles. The van der Waals surface area contributed by atoms with Crippen molar-refractivity contribution >= 4 is 35.3 Å².